The van der Waals surface area contributed by atoms with Gasteiger partial charge in [0.05, 0.1) is 26.7 Å². The van der Waals surface area contributed by atoms with Gasteiger partial charge in [0.15, 0.2) is 0 Å². The van der Waals surface area contributed by atoms with Crippen LogP contribution in [0.5, 0.6) is 5.75 Å². The summed E-state index contributed by atoms with van der Waals surface area (Å²) in [7, 11) is 0. The van der Waals surface area contributed by atoms with Gasteiger partial charge in [-0.3, -0.25) is 0 Å². The SMILES string of the molecule is Cc1nc(-c2sc(Cl)cc2CCl)ccc1OC1CCCCC1. The molecule has 1 fully saturated rings. The second-order valence-corrected chi connectivity index (χ2v) is 7.65. The zero-order chi connectivity index (χ0) is 15.5. The second-order valence-electron chi connectivity index (χ2n) is 5.70. The van der Waals surface area contributed by atoms with Crippen LogP contribution >= 0.6 is 34.5 Å². The Morgan fingerprint density at radius 2 is 2.05 bits per heavy atom. The molecule has 1 aliphatic carbocycles. The molecular weight excluding hydrogens is 337 g/mol. The van der Waals surface area contributed by atoms with E-state index in [1.54, 1.807) is 0 Å². The highest BCUT2D eigenvalue weighted by molar-refractivity contribution is 7.19. The first-order valence-electron chi connectivity index (χ1n) is 7.66. The van der Waals surface area contributed by atoms with E-state index in [1.165, 1.54) is 30.6 Å². The second kappa shape index (κ2) is 7.20. The fourth-order valence-electron chi connectivity index (χ4n) is 2.87. The molecule has 118 valence electrons. The lowest BCUT2D eigenvalue weighted by molar-refractivity contribution is 0.153. The summed E-state index contributed by atoms with van der Waals surface area (Å²) in [5, 5.41) is 0. The van der Waals surface area contributed by atoms with Crippen LogP contribution in [0.1, 0.15) is 43.4 Å². The van der Waals surface area contributed by atoms with E-state index in [0.29, 0.717) is 12.0 Å². The van der Waals surface area contributed by atoms with Crippen LogP contribution in [0.25, 0.3) is 10.6 Å². The molecule has 0 spiro atoms. The standard InChI is InChI=1S/C17H19Cl2NOS/c1-11-15(21-13-5-3-2-4-6-13)8-7-14(20-11)17-12(10-18)9-16(19)22-17/h7-9,13H,2-6,10H2,1H3. The van der Waals surface area contributed by atoms with E-state index in [1.807, 2.05) is 25.1 Å². The summed E-state index contributed by atoms with van der Waals surface area (Å²) in [5.74, 6) is 1.34. The number of aromatic nitrogens is 1. The van der Waals surface area contributed by atoms with Gasteiger partial charge in [-0.15, -0.1) is 22.9 Å². The van der Waals surface area contributed by atoms with Crippen LogP contribution in [0.4, 0.5) is 0 Å². The third kappa shape index (κ3) is 3.58. The molecule has 0 atom stereocenters. The molecule has 0 amide bonds. The van der Waals surface area contributed by atoms with Crippen LogP contribution in [-0.2, 0) is 5.88 Å². The topological polar surface area (TPSA) is 22.1 Å². The van der Waals surface area contributed by atoms with Gasteiger partial charge < -0.3 is 4.74 Å². The van der Waals surface area contributed by atoms with Crippen molar-refractivity contribution in [3.8, 4) is 16.3 Å². The lowest BCUT2D eigenvalue weighted by Crippen LogP contribution is -2.20. The normalized spacial score (nSPS) is 16.0. The average Bonchev–Trinajstić information content (AvgIpc) is 2.91. The molecule has 0 unspecified atom stereocenters. The van der Waals surface area contributed by atoms with Gasteiger partial charge in [-0.05, 0) is 56.4 Å². The van der Waals surface area contributed by atoms with Crippen LogP contribution in [0.3, 0.4) is 0 Å². The minimum absolute atomic E-state index is 0.342. The van der Waals surface area contributed by atoms with Crippen molar-refractivity contribution in [3.05, 3.63) is 33.8 Å². The first-order chi connectivity index (χ1) is 10.7. The third-order valence-electron chi connectivity index (χ3n) is 4.04. The molecule has 1 saturated carbocycles. The zero-order valence-electron chi connectivity index (χ0n) is 12.6. The minimum atomic E-state index is 0.342. The molecule has 0 aromatic carbocycles. The zero-order valence-corrected chi connectivity index (χ0v) is 14.9. The Morgan fingerprint density at radius 3 is 2.73 bits per heavy atom. The Hall–Kier alpha value is -0.770. The maximum Gasteiger partial charge on any atom is 0.140 e. The number of hydrogen-bond acceptors (Lipinski definition) is 3. The number of thiophene rings is 1. The van der Waals surface area contributed by atoms with Gasteiger partial charge in [-0.1, -0.05) is 18.0 Å². The highest BCUT2D eigenvalue weighted by Gasteiger charge is 2.17. The van der Waals surface area contributed by atoms with Crippen molar-refractivity contribution < 1.29 is 4.74 Å². The summed E-state index contributed by atoms with van der Waals surface area (Å²) in [5.41, 5.74) is 2.87. The van der Waals surface area contributed by atoms with Crippen molar-refractivity contribution >= 4 is 34.5 Å². The lowest BCUT2D eigenvalue weighted by atomic mass is 9.98. The smallest absolute Gasteiger partial charge is 0.140 e. The van der Waals surface area contributed by atoms with Crippen molar-refractivity contribution in [2.45, 2.75) is 51.0 Å². The molecule has 0 saturated heterocycles. The van der Waals surface area contributed by atoms with Crippen LogP contribution in [-0.4, -0.2) is 11.1 Å². The molecule has 2 aromatic rings. The average molecular weight is 356 g/mol. The summed E-state index contributed by atoms with van der Waals surface area (Å²) in [6.07, 6.45) is 6.51. The van der Waals surface area contributed by atoms with E-state index < -0.39 is 0 Å². The molecule has 2 nitrogen and oxygen atoms in total. The van der Waals surface area contributed by atoms with Crippen LogP contribution in [0.2, 0.25) is 4.34 Å². The molecule has 0 radical (unpaired) electrons. The summed E-state index contributed by atoms with van der Waals surface area (Å²) >= 11 is 13.6. The molecule has 0 bridgehead atoms. The summed E-state index contributed by atoms with van der Waals surface area (Å²) in [6, 6.07) is 5.94. The monoisotopic (exact) mass is 355 g/mol. The Labute approximate surface area is 145 Å². The number of rotatable bonds is 4. The largest absolute Gasteiger partial charge is 0.489 e. The number of halogens is 2. The van der Waals surface area contributed by atoms with Crippen molar-refractivity contribution in [2.75, 3.05) is 0 Å². The molecule has 3 rings (SSSR count). The number of aryl methyl sites for hydroxylation is 1. The van der Waals surface area contributed by atoms with Gasteiger partial charge in [0.2, 0.25) is 0 Å². The Balaban J connectivity index is 1.82. The highest BCUT2D eigenvalue weighted by Crippen LogP contribution is 2.36. The number of pyridine rings is 1. The Morgan fingerprint density at radius 1 is 1.27 bits per heavy atom. The molecule has 2 aromatic heterocycles. The highest BCUT2D eigenvalue weighted by atomic mass is 35.5. The van der Waals surface area contributed by atoms with E-state index in [9.17, 15) is 0 Å². The maximum absolute atomic E-state index is 6.13. The van der Waals surface area contributed by atoms with Crippen molar-refractivity contribution in [1.82, 2.24) is 4.98 Å². The fraction of sp³-hybridized carbons (Fsp3) is 0.471. The van der Waals surface area contributed by atoms with Crippen molar-refractivity contribution in [1.29, 1.82) is 0 Å². The molecule has 0 N–H and O–H groups in total. The van der Waals surface area contributed by atoms with Crippen molar-refractivity contribution in [3.63, 3.8) is 0 Å². The number of hydrogen-bond donors (Lipinski definition) is 0. The van der Waals surface area contributed by atoms with E-state index >= 15 is 0 Å². The molecule has 0 aliphatic heterocycles. The van der Waals surface area contributed by atoms with E-state index in [0.717, 1.165) is 44.8 Å². The maximum atomic E-state index is 6.13. The van der Waals surface area contributed by atoms with Gasteiger partial charge in [0.1, 0.15) is 5.75 Å². The molecular formula is C17H19Cl2NOS. The number of ether oxygens (including phenoxy) is 1. The fourth-order valence-corrected chi connectivity index (χ4v) is 4.40. The van der Waals surface area contributed by atoms with Crippen LogP contribution in [0.15, 0.2) is 18.2 Å². The molecule has 5 heteroatoms. The van der Waals surface area contributed by atoms with Gasteiger partial charge in [0, 0.05) is 5.88 Å². The van der Waals surface area contributed by atoms with Crippen molar-refractivity contribution in [2.24, 2.45) is 0 Å². The summed E-state index contributed by atoms with van der Waals surface area (Å²) in [6.45, 7) is 2.00. The lowest BCUT2D eigenvalue weighted by Gasteiger charge is -2.23. The minimum Gasteiger partial charge on any atom is -0.489 e. The van der Waals surface area contributed by atoms with Crippen LogP contribution < -0.4 is 4.74 Å². The van der Waals surface area contributed by atoms with Gasteiger partial charge >= 0.3 is 0 Å². The number of nitrogens with zero attached hydrogens (tertiary/aromatic N) is 1. The Bertz CT molecular complexity index is 650. The van der Waals surface area contributed by atoms with Gasteiger partial charge in [-0.2, -0.15) is 0 Å². The van der Waals surface area contributed by atoms with Gasteiger partial charge in [0.25, 0.3) is 0 Å². The quantitative estimate of drug-likeness (QED) is 0.607. The molecule has 1 aliphatic rings. The Kier molecular flexibility index (Phi) is 5.27. The first-order valence-corrected chi connectivity index (χ1v) is 9.39. The molecule has 22 heavy (non-hydrogen) atoms. The van der Waals surface area contributed by atoms with E-state index in [-0.39, 0.29) is 0 Å². The van der Waals surface area contributed by atoms with Crippen LogP contribution in [0, 0.1) is 6.92 Å². The first kappa shape index (κ1) is 16.1. The van der Waals surface area contributed by atoms with E-state index in [4.69, 9.17) is 32.9 Å². The summed E-state index contributed by atoms with van der Waals surface area (Å²) in [4.78, 5) is 5.75. The predicted octanol–water partition coefficient (Wildman–Crippen LogP) is 6.22. The van der Waals surface area contributed by atoms with Gasteiger partial charge in [-0.25, -0.2) is 4.98 Å². The third-order valence-corrected chi connectivity index (χ3v) is 5.66. The number of alkyl halides is 1. The predicted molar refractivity (Wildman–Crippen MR) is 94.4 cm³/mol. The summed E-state index contributed by atoms with van der Waals surface area (Å²) < 4.78 is 6.87. The molecule has 2 heterocycles. The van der Waals surface area contributed by atoms with E-state index in [2.05, 4.69) is 0 Å².